The van der Waals surface area contributed by atoms with Gasteiger partial charge in [-0.15, -0.1) is 0 Å². The van der Waals surface area contributed by atoms with Crippen molar-refractivity contribution in [2.75, 3.05) is 0 Å². The van der Waals surface area contributed by atoms with E-state index in [0.29, 0.717) is 5.56 Å². The lowest BCUT2D eigenvalue weighted by molar-refractivity contribution is 0.191. The zero-order valence-electron chi connectivity index (χ0n) is 10.2. The quantitative estimate of drug-likeness (QED) is 0.592. The van der Waals surface area contributed by atoms with Crippen LogP contribution in [0.5, 0.6) is 5.75 Å². The number of nitrogens with one attached hydrogen (secondary N) is 1. The minimum Gasteiger partial charge on any atom is -0.490 e. The van der Waals surface area contributed by atoms with Crippen LogP contribution in [0.1, 0.15) is 37.8 Å². The van der Waals surface area contributed by atoms with Gasteiger partial charge >= 0.3 is 0 Å². The molecule has 0 aliphatic rings. The smallest absolute Gasteiger partial charge is 0.123 e. The standard InChI is InChI=1S/C13H20N2O/c1-4-11(5-2)16-12-8-10(13(14)15)7-6-9(12)3/h6-8,11H,4-5H2,1-3H3,(H3,14,15). The predicted molar refractivity (Wildman–Crippen MR) is 67.2 cm³/mol. The highest BCUT2D eigenvalue weighted by Crippen LogP contribution is 2.22. The summed E-state index contributed by atoms with van der Waals surface area (Å²) in [5, 5.41) is 7.40. The Bertz CT molecular complexity index is 370. The van der Waals surface area contributed by atoms with Crippen LogP contribution in [0.2, 0.25) is 0 Å². The Hall–Kier alpha value is -1.51. The van der Waals surface area contributed by atoms with Gasteiger partial charge < -0.3 is 10.5 Å². The van der Waals surface area contributed by atoms with Gasteiger partial charge in [0.2, 0.25) is 0 Å². The first-order valence-electron chi connectivity index (χ1n) is 5.70. The van der Waals surface area contributed by atoms with Crippen LogP contribution >= 0.6 is 0 Å². The highest BCUT2D eigenvalue weighted by Gasteiger charge is 2.09. The number of benzene rings is 1. The van der Waals surface area contributed by atoms with Crippen molar-refractivity contribution in [1.29, 1.82) is 5.41 Å². The van der Waals surface area contributed by atoms with E-state index in [1.165, 1.54) is 0 Å². The maximum Gasteiger partial charge on any atom is 0.123 e. The van der Waals surface area contributed by atoms with E-state index in [1.54, 1.807) is 0 Å². The van der Waals surface area contributed by atoms with Gasteiger partial charge in [0.15, 0.2) is 0 Å². The van der Waals surface area contributed by atoms with Crippen molar-refractivity contribution in [3.63, 3.8) is 0 Å². The van der Waals surface area contributed by atoms with Crippen LogP contribution in [0.4, 0.5) is 0 Å². The summed E-state index contributed by atoms with van der Waals surface area (Å²) in [7, 11) is 0. The lowest BCUT2D eigenvalue weighted by Crippen LogP contribution is -2.16. The molecule has 1 rings (SSSR count). The molecule has 0 aliphatic heterocycles. The van der Waals surface area contributed by atoms with Gasteiger partial charge in [0.1, 0.15) is 11.6 Å². The first-order valence-corrected chi connectivity index (χ1v) is 5.70. The zero-order valence-corrected chi connectivity index (χ0v) is 10.2. The second kappa shape index (κ2) is 5.54. The summed E-state index contributed by atoms with van der Waals surface area (Å²) in [6, 6.07) is 5.63. The maximum atomic E-state index is 7.40. The minimum atomic E-state index is 0.0781. The number of hydrogen-bond donors (Lipinski definition) is 2. The van der Waals surface area contributed by atoms with Crippen molar-refractivity contribution in [3.05, 3.63) is 29.3 Å². The van der Waals surface area contributed by atoms with Gasteiger partial charge in [0, 0.05) is 5.56 Å². The molecule has 1 aromatic rings. The van der Waals surface area contributed by atoms with Gasteiger partial charge in [0.25, 0.3) is 0 Å². The fourth-order valence-electron chi connectivity index (χ4n) is 1.53. The highest BCUT2D eigenvalue weighted by atomic mass is 16.5. The Balaban J connectivity index is 2.93. The average molecular weight is 220 g/mol. The van der Waals surface area contributed by atoms with Crippen molar-refractivity contribution >= 4 is 5.84 Å². The number of nitrogens with two attached hydrogens (primary N) is 1. The summed E-state index contributed by atoms with van der Waals surface area (Å²) in [4.78, 5) is 0. The summed E-state index contributed by atoms with van der Waals surface area (Å²) in [5.74, 6) is 0.913. The highest BCUT2D eigenvalue weighted by molar-refractivity contribution is 5.95. The zero-order chi connectivity index (χ0) is 12.1. The van der Waals surface area contributed by atoms with E-state index in [9.17, 15) is 0 Å². The number of ether oxygens (including phenoxy) is 1. The van der Waals surface area contributed by atoms with Crippen LogP contribution in [0, 0.1) is 12.3 Å². The number of hydrogen-bond acceptors (Lipinski definition) is 2. The van der Waals surface area contributed by atoms with E-state index in [0.717, 1.165) is 24.2 Å². The van der Waals surface area contributed by atoms with Gasteiger partial charge in [0.05, 0.1) is 6.10 Å². The molecule has 0 aromatic heterocycles. The van der Waals surface area contributed by atoms with Crippen molar-refractivity contribution in [2.45, 2.75) is 39.7 Å². The summed E-state index contributed by atoms with van der Waals surface area (Å²) in [6.07, 6.45) is 2.21. The van der Waals surface area contributed by atoms with E-state index < -0.39 is 0 Å². The maximum absolute atomic E-state index is 7.40. The van der Waals surface area contributed by atoms with Crippen molar-refractivity contribution in [3.8, 4) is 5.75 Å². The molecular formula is C13H20N2O. The Morgan fingerprint density at radius 3 is 2.50 bits per heavy atom. The second-order valence-corrected chi connectivity index (χ2v) is 3.95. The summed E-state index contributed by atoms with van der Waals surface area (Å²) in [5.41, 5.74) is 7.25. The molecule has 3 heteroatoms. The molecule has 0 fully saturated rings. The molecule has 0 unspecified atom stereocenters. The third-order valence-corrected chi connectivity index (χ3v) is 2.70. The molecular weight excluding hydrogens is 200 g/mol. The van der Waals surface area contributed by atoms with E-state index in [1.807, 2.05) is 25.1 Å². The molecule has 3 nitrogen and oxygen atoms in total. The predicted octanol–water partition coefficient (Wildman–Crippen LogP) is 2.85. The molecule has 88 valence electrons. The van der Waals surface area contributed by atoms with Crippen molar-refractivity contribution < 1.29 is 4.74 Å². The van der Waals surface area contributed by atoms with Gasteiger partial charge in [-0.05, 0) is 31.4 Å². The average Bonchev–Trinajstić information content (AvgIpc) is 2.27. The fourth-order valence-corrected chi connectivity index (χ4v) is 1.53. The molecule has 0 saturated carbocycles. The van der Waals surface area contributed by atoms with Crippen molar-refractivity contribution in [1.82, 2.24) is 0 Å². The Morgan fingerprint density at radius 1 is 1.38 bits per heavy atom. The molecule has 0 spiro atoms. The molecule has 0 aliphatic carbocycles. The minimum absolute atomic E-state index is 0.0781. The largest absolute Gasteiger partial charge is 0.490 e. The van der Waals surface area contributed by atoms with Crippen LogP contribution in [0.15, 0.2) is 18.2 Å². The molecule has 0 radical (unpaired) electrons. The molecule has 0 amide bonds. The molecule has 0 bridgehead atoms. The van der Waals surface area contributed by atoms with Crippen LogP contribution < -0.4 is 10.5 Å². The van der Waals surface area contributed by atoms with Crippen LogP contribution in [-0.2, 0) is 0 Å². The van der Waals surface area contributed by atoms with Crippen LogP contribution in [0.25, 0.3) is 0 Å². The number of nitrogen functional groups attached to an aromatic ring is 1. The Kier molecular flexibility index (Phi) is 4.35. The first kappa shape index (κ1) is 12.6. The molecule has 1 aromatic carbocycles. The third-order valence-electron chi connectivity index (χ3n) is 2.70. The van der Waals surface area contributed by atoms with E-state index in [2.05, 4.69) is 13.8 Å². The third kappa shape index (κ3) is 2.99. The topological polar surface area (TPSA) is 59.1 Å². The number of aryl methyl sites for hydroxylation is 1. The summed E-state index contributed by atoms with van der Waals surface area (Å²) in [6.45, 7) is 6.22. The Labute approximate surface area is 97.1 Å². The van der Waals surface area contributed by atoms with Crippen LogP contribution in [-0.4, -0.2) is 11.9 Å². The molecule has 16 heavy (non-hydrogen) atoms. The first-order chi connectivity index (χ1) is 7.58. The fraction of sp³-hybridized carbons (Fsp3) is 0.462. The van der Waals surface area contributed by atoms with E-state index >= 15 is 0 Å². The lowest BCUT2D eigenvalue weighted by atomic mass is 10.1. The SMILES string of the molecule is CCC(CC)Oc1cc(C(=N)N)ccc1C. The van der Waals surface area contributed by atoms with Crippen molar-refractivity contribution in [2.24, 2.45) is 5.73 Å². The second-order valence-electron chi connectivity index (χ2n) is 3.95. The lowest BCUT2D eigenvalue weighted by Gasteiger charge is -2.18. The van der Waals surface area contributed by atoms with Gasteiger partial charge in [-0.2, -0.15) is 0 Å². The summed E-state index contributed by atoms with van der Waals surface area (Å²) >= 11 is 0. The number of amidine groups is 1. The normalized spacial score (nSPS) is 10.5. The van der Waals surface area contributed by atoms with Crippen LogP contribution in [0.3, 0.4) is 0 Å². The van der Waals surface area contributed by atoms with Gasteiger partial charge in [-0.3, -0.25) is 5.41 Å². The van der Waals surface area contributed by atoms with Gasteiger partial charge in [-0.1, -0.05) is 26.0 Å². The molecule has 0 atom stereocenters. The van der Waals surface area contributed by atoms with Gasteiger partial charge in [-0.25, -0.2) is 0 Å². The molecule has 0 saturated heterocycles. The molecule has 3 N–H and O–H groups in total. The Morgan fingerprint density at radius 2 is 2.00 bits per heavy atom. The van der Waals surface area contributed by atoms with E-state index in [-0.39, 0.29) is 11.9 Å². The monoisotopic (exact) mass is 220 g/mol. The number of rotatable bonds is 5. The van der Waals surface area contributed by atoms with E-state index in [4.69, 9.17) is 15.9 Å². The molecule has 0 heterocycles. The summed E-state index contributed by atoms with van der Waals surface area (Å²) < 4.78 is 5.88.